The number of aromatic nitrogens is 1. The Bertz CT molecular complexity index is 841. The molecule has 3 aromatic rings. The lowest BCUT2D eigenvalue weighted by Crippen LogP contribution is -2.05. The van der Waals surface area contributed by atoms with Crippen LogP contribution >= 0.6 is 11.6 Å². The van der Waals surface area contributed by atoms with Gasteiger partial charge in [-0.3, -0.25) is 4.79 Å². The molecule has 1 aromatic heterocycles. The van der Waals surface area contributed by atoms with Crippen LogP contribution in [0.25, 0.3) is 10.9 Å². The average molecular weight is 306 g/mol. The van der Waals surface area contributed by atoms with Crippen LogP contribution in [0.3, 0.4) is 0 Å². The molecular weight excluding hydrogens is 296 g/mol. The number of fused-ring (bicyclic) bond motifs is 1. The van der Waals surface area contributed by atoms with Crippen LogP contribution in [0.4, 0.5) is 8.78 Å². The highest BCUT2D eigenvalue weighted by Gasteiger charge is 2.17. The van der Waals surface area contributed by atoms with Crippen molar-refractivity contribution < 1.29 is 13.6 Å². The van der Waals surface area contributed by atoms with Crippen molar-refractivity contribution in [2.45, 2.75) is 6.42 Å². The van der Waals surface area contributed by atoms with Gasteiger partial charge in [-0.2, -0.15) is 0 Å². The molecule has 0 aliphatic carbocycles. The zero-order valence-electron chi connectivity index (χ0n) is 10.8. The zero-order valence-corrected chi connectivity index (χ0v) is 11.5. The normalized spacial score (nSPS) is 11.0. The summed E-state index contributed by atoms with van der Waals surface area (Å²) in [6, 6.07) is 9.03. The van der Waals surface area contributed by atoms with E-state index in [4.69, 9.17) is 11.6 Å². The lowest BCUT2D eigenvalue weighted by molar-refractivity contribution is 0.0993. The van der Waals surface area contributed by atoms with E-state index in [2.05, 4.69) is 4.98 Å². The summed E-state index contributed by atoms with van der Waals surface area (Å²) in [7, 11) is 0. The van der Waals surface area contributed by atoms with Crippen molar-refractivity contribution in [3.63, 3.8) is 0 Å². The number of aromatic amines is 1. The number of Topliss-reactive ketones (excluding diaryl/α,β-unsaturated/α-hetero) is 1. The molecule has 0 atom stereocenters. The van der Waals surface area contributed by atoms with E-state index in [1.54, 1.807) is 18.2 Å². The van der Waals surface area contributed by atoms with Crippen LogP contribution in [0.1, 0.15) is 15.9 Å². The van der Waals surface area contributed by atoms with E-state index in [0.717, 1.165) is 11.6 Å². The molecule has 0 saturated carbocycles. The Morgan fingerprint density at radius 1 is 1.14 bits per heavy atom. The Morgan fingerprint density at radius 3 is 2.71 bits per heavy atom. The van der Waals surface area contributed by atoms with Crippen molar-refractivity contribution in [2.75, 3.05) is 0 Å². The second-order valence-electron chi connectivity index (χ2n) is 4.68. The number of ketones is 1. The Labute approximate surface area is 124 Å². The first-order valence-corrected chi connectivity index (χ1v) is 6.67. The molecule has 3 rings (SSSR count). The molecular formula is C16H10ClF2NO. The Balaban J connectivity index is 2.00. The van der Waals surface area contributed by atoms with Gasteiger partial charge in [0.05, 0.1) is 5.02 Å². The molecule has 5 heteroatoms. The first-order chi connectivity index (χ1) is 10.1. The summed E-state index contributed by atoms with van der Waals surface area (Å²) in [4.78, 5) is 15.3. The fraction of sp³-hybridized carbons (Fsp3) is 0.0625. The summed E-state index contributed by atoms with van der Waals surface area (Å²) in [5.74, 6) is -2.27. The third-order valence-electron chi connectivity index (χ3n) is 3.34. The smallest absolute Gasteiger partial charge is 0.169 e. The van der Waals surface area contributed by atoms with E-state index in [1.807, 2.05) is 0 Å². The van der Waals surface area contributed by atoms with Crippen molar-refractivity contribution in [1.29, 1.82) is 0 Å². The van der Waals surface area contributed by atoms with Crippen LogP contribution in [0.2, 0.25) is 5.02 Å². The standard InChI is InChI=1S/C16H10ClF2NO/c17-11-4-2-6-13-15(11)10(8-20-13)14(21)7-9-3-1-5-12(18)16(9)19/h1-6,8,20H,7H2. The number of H-pyrrole nitrogens is 1. The van der Waals surface area contributed by atoms with Gasteiger partial charge in [0, 0.05) is 29.1 Å². The SMILES string of the molecule is O=C(Cc1cccc(F)c1F)c1c[nH]c2cccc(Cl)c12. The van der Waals surface area contributed by atoms with Crippen molar-refractivity contribution >= 4 is 28.3 Å². The number of benzene rings is 2. The van der Waals surface area contributed by atoms with Gasteiger partial charge in [0.1, 0.15) is 0 Å². The van der Waals surface area contributed by atoms with Crippen LogP contribution in [-0.4, -0.2) is 10.8 Å². The summed E-state index contributed by atoms with van der Waals surface area (Å²) >= 11 is 6.10. The van der Waals surface area contributed by atoms with Gasteiger partial charge in [0.2, 0.25) is 0 Å². The molecule has 0 aliphatic rings. The first-order valence-electron chi connectivity index (χ1n) is 6.29. The summed E-state index contributed by atoms with van der Waals surface area (Å²) < 4.78 is 26.8. The Morgan fingerprint density at radius 2 is 1.90 bits per heavy atom. The van der Waals surface area contributed by atoms with E-state index in [1.165, 1.54) is 18.3 Å². The van der Waals surface area contributed by atoms with E-state index in [-0.39, 0.29) is 17.8 Å². The van der Waals surface area contributed by atoms with E-state index in [0.29, 0.717) is 16.0 Å². The Hall–Kier alpha value is -2.20. The van der Waals surface area contributed by atoms with Gasteiger partial charge in [-0.05, 0) is 23.8 Å². The van der Waals surface area contributed by atoms with Gasteiger partial charge in [-0.15, -0.1) is 0 Å². The van der Waals surface area contributed by atoms with Gasteiger partial charge >= 0.3 is 0 Å². The second-order valence-corrected chi connectivity index (χ2v) is 5.08. The molecule has 0 aliphatic heterocycles. The number of carbonyl (C=O) groups excluding carboxylic acids is 1. The topological polar surface area (TPSA) is 32.9 Å². The molecule has 0 bridgehead atoms. The molecule has 0 spiro atoms. The third kappa shape index (κ3) is 2.43. The zero-order chi connectivity index (χ0) is 15.0. The molecule has 106 valence electrons. The van der Waals surface area contributed by atoms with Crippen LogP contribution < -0.4 is 0 Å². The van der Waals surface area contributed by atoms with Gasteiger partial charge in [0.25, 0.3) is 0 Å². The number of rotatable bonds is 3. The maximum Gasteiger partial charge on any atom is 0.169 e. The maximum atomic E-state index is 13.6. The first kappa shape index (κ1) is 13.8. The Kier molecular flexibility index (Phi) is 3.47. The van der Waals surface area contributed by atoms with Crippen molar-refractivity contribution in [2.24, 2.45) is 0 Å². The van der Waals surface area contributed by atoms with Crippen molar-refractivity contribution in [1.82, 2.24) is 4.98 Å². The monoisotopic (exact) mass is 305 g/mol. The van der Waals surface area contributed by atoms with Crippen LogP contribution in [0.5, 0.6) is 0 Å². The van der Waals surface area contributed by atoms with Crippen molar-refractivity contribution in [3.05, 3.63) is 70.4 Å². The molecule has 0 amide bonds. The maximum absolute atomic E-state index is 13.6. The predicted molar refractivity (Wildman–Crippen MR) is 77.7 cm³/mol. The molecule has 1 N–H and O–H groups in total. The molecule has 1 heterocycles. The quantitative estimate of drug-likeness (QED) is 0.709. The number of nitrogens with one attached hydrogen (secondary N) is 1. The lowest BCUT2D eigenvalue weighted by Gasteiger charge is -2.03. The molecule has 0 unspecified atom stereocenters. The minimum absolute atomic E-state index is 0.0291. The fourth-order valence-electron chi connectivity index (χ4n) is 2.31. The van der Waals surface area contributed by atoms with Gasteiger partial charge in [-0.25, -0.2) is 8.78 Å². The highest BCUT2D eigenvalue weighted by molar-refractivity contribution is 6.36. The van der Waals surface area contributed by atoms with E-state index < -0.39 is 11.6 Å². The molecule has 0 saturated heterocycles. The van der Waals surface area contributed by atoms with Crippen LogP contribution in [0.15, 0.2) is 42.6 Å². The van der Waals surface area contributed by atoms with Gasteiger partial charge in [-0.1, -0.05) is 29.8 Å². The second kappa shape index (κ2) is 5.30. The minimum atomic E-state index is -0.989. The lowest BCUT2D eigenvalue weighted by atomic mass is 10.0. The number of hydrogen-bond acceptors (Lipinski definition) is 1. The van der Waals surface area contributed by atoms with E-state index >= 15 is 0 Å². The summed E-state index contributed by atoms with van der Waals surface area (Å²) in [6.07, 6.45) is 1.32. The third-order valence-corrected chi connectivity index (χ3v) is 3.65. The van der Waals surface area contributed by atoms with Gasteiger partial charge in [0.15, 0.2) is 17.4 Å². The number of halogens is 3. The molecule has 0 radical (unpaired) electrons. The van der Waals surface area contributed by atoms with Crippen molar-refractivity contribution in [3.8, 4) is 0 Å². The summed E-state index contributed by atoms with van der Waals surface area (Å²) in [5.41, 5.74) is 1.13. The number of hydrogen-bond donors (Lipinski definition) is 1. The minimum Gasteiger partial charge on any atom is -0.360 e. The largest absolute Gasteiger partial charge is 0.360 e. The molecule has 21 heavy (non-hydrogen) atoms. The fourth-order valence-corrected chi connectivity index (χ4v) is 2.59. The van der Waals surface area contributed by atoms with Gasteiger partial charge < -0.3 is 4.98 Å². The molecule has 0 fully saturated rings. The highest BCUT2D eigenvalue weighted by atomic mass is 35.5. The van der Waals surface area contributed by atoms with E-state index in [9.17, 15) is 13.6 Å². The van der Waals surface area contributed by atoms with Crippen LogP contribution in [0, 0.1) is 11.6 Å². The predicted octanol–water partition coefficient (Wildman–Crippen LogP) is 4.52. The molecule has 2 nitrogen and oxygen atoms in total. The molecule has 2 aromatic carbocycles. The number of carbonyl (C=O) groups is 1. The average Bonchev–Trinajstić information content (AvgIpc) is 2.89. The summed E-state index contributed by atoms with van der Waals surface area (Å²) in [5, 5.41) is 1.04. The summed E-state index contributed by atoms with van der Waals surface area (Å²) in [6.45, 7) is 0. The van der Waals surface area contributed by atoms with Crippen LogP contribution in [-0.2, 0) is 6.42 Å². The highest BCUT2D eigenvalue weighted by Crippen LogP contribution is 2.27.